The number of unbranched alkanes of at least 4 members (excludes halogenated alkanes) is 15. The normalized spacial score (nSPS) is 13.2. The topological polar surface area (TPSA) is 26.3 Å². The molecule has 0 N–H and O–H groups in total. The summed E-state index contributed by atoms with van der Waals surface area (Å²) in [7, 11) is -0.860. The van der Waals surface area contributed by atoms with Crippen LogP contribution in [0.5, 0.6) is 0 Å². The smallest absolute Gasteiger partial charge is 0.297 e. The second-order valence-electron chi connectivity index (χ2n) is 9.98. The van der Waals surface area contributed by atoms with E-state index in [1.807, 2.05) is 0 Å². The van der Waals surface area contributed by atoms with Gasteiger partial charge in [-0.2, -0.15) is 12.6 Å². The summed E-state index contributed by atoms with van der Waals surface area (Å²) in [5, 5.41) is 0. The maximum absolute atomic E-state index is 12.4. The van der Waals surface area contributed by atoms with E-state index < -0.39 is 9.76 Å². The minimum atomic E-state index is -0.860. The molecule has 0 spiro atoms. The molecule has 0 bridgehead atoms. The van der Waals surface area contributed by atoms with Crippen molar-refractivity contribution >= 4 is 28.4 Å². The molecule has 1 unspecified atom stereocenters. The molecule has 2 nitrogen and oxygen atoms in total. The van der Waals surface area contributed by atoms with Gasteiger partial charge in [0, 0.05) is 4.87 Å². The number of hydrogen-bond donors (Lipinski definition) is 1. The van der Waals surface area contributed by atoms with Crippen molar-refractivity contribution in [3.8, 4) is 0 Å². The predicted octanol–water partition coefficient (Wildman–Crippen LogP) is 8.35. The monoisotopic (exact) mass is 458 g/mol. The van der Waals surface area contributed by atoms with Crippen LogP contribution in [0.2, 0.25) is 0 Å². The highest BCUT2D eigenvalue weighted by Crippen LogP contribution is 2.26. The maximum Gasteiger partial charge on any atom is 0.297 e. The number of thiol groups is 1. The van der Waals surface area contributed by atoms with Gasteiger partial charge in [-0.05, 0) is 26.7 Å². The van der Waals surface area contributed by atoms with E-state index in [0.29, 0.717) is 4.87 Å². The van der Waals surface area contributed by atoms with E-state index in [0.717, 1.165) is 19.3 Å². The lowest BCUT2D eigenvalue weighted by Gasteiger charge is -2.24. The minimum absolute atomic E-state index is 0.0124. The Morgan fingerprint density at radius 1 is 0.733 bits per heavy atom. The Labute approximate surface area is 197 Å². The average Bonchev–Trinajstić information content (AvgIpc) is 2.72. The van der Waals surface area contributed by atoms with Gasteiger partial charge in [0.1, 0.15) is 0 Å². The van der Waals surface area contributed by atoms with Crippen LogP contribution in [-0.2, 0) is 9.22 Å². The lowest BCUT2D eigenvalue weighted by molar-refractivity contribution is -0.144. The van der Waals surface area contributed by atoms with Gasteiger partial charge in [0.2, 0.25) is 9.76 Å². The van der Waals surface area contributed by atoms with Gasteiger partial charge in [0.25, 0.3) is 5.97 Å². The van der Waals surface area contributed by atoms with Crippen LogP contribution in [0.4, 0.5) is 0 Å². The number of carbonyl (C=O) groups excluding carboxylic acids is 1. The summed E-state index contributed by atoms with van der Waals surface area (Å²) in [6.45, 7) is 8.60. The van der Waals surface area contributed by atoms with Crippen LogP contribution >= 0.6 is 12.6 Å². The quantitative estimate of drug-likeness (QED) is 0.100. The fourth-order valence-electron chi connectivity index (χ4n) is 3.94. The Kier molecular flexibility index (Phi) is 20.9. The molecule has 180 valence electrons. The van der Waals surface area contributed by atoms with Crippen LogP contribution in [0.3, 0.4) is 0 Å². The van der Waals surface area contributed by atoms with Crippen molar-refractivity contribution in [2.45, 2.75) is 155 Å². The van der Waals surface area contributed by atoms with E-state index in [9.17, 15) is 4.79 Å². The number of hydrogen-bond acceptors (Lipinski definition) is 3. The predicted molar refractivity (Wildman–Crippen MR) is 140 cm³/mol. The van der Waals surface area contributed by atoms with E-state index in [-0.39, 0.29) is 11.4 Å². The molecule has 0 heterocycles. The molecule has 0 aliphatic rings. The molecule has 0 aliphatic carbocycles. The third-order valence-electron chi connectivity index (χ3n) is 6.26. The first-order chi connectivity index (χ1) is 14.4. The third-order valence-corrected chi connectivity index (χ3v) is 8.18. The van der Waals surface area contributed by atoms with Crippen molar-refractivity contribution in [1.82, 2.24) is 0 Å². The molecule has 0 radical (unpaired) electrons. The van der Waals surface area contributed by atoms with E-state index in [1.165, 1.54) is 103 Å². The summed E-state index contributed by atoms with van der Waals surface area (Å²) in [6.07, 6.45) is 24.9. The Hall–Kier alpha value is 0.0369. The molecule has 0 aromatic heterocycles. The molecule has 0 rings (SSSR count). The summed E-state index contributed by atoms with van der Waals surface area (Å²) in [5.74, 6) is 0.0124. The van der Waals surface area contributed by atoms with E-state index in [1.54, 1.807) is 0 Å². The molecule has 0 saturated carbocycles. The summed E-state index contributed by atoms with van der Waals surface area (Å²) < 4.78 is 5.69. The largest absolute Gasteiger partial charge is 0.523 e. The summed E-state index contributed by atoms with van der Waals surface area (Å²) >= 11 is 4.62. The van der Waals surface area contributed by atoms with Gasteiger partial charge in [0.15, 0.2) is 0 Å². The second kappa shape index (κ2) is 20.9. The highest BCUT2D eigenvalue weighted by molar-refractivity contribution is 7.82. The SMILES string of the molecule is CCCCCCCCCCCCCCCCC(C)(C)C(=O)O[SiH2]C(S)CCCCC. The van der Waals surface area contributed by atoms with Gasteiger partial charge in [-0.3, -0.25) is 4.79 Å². The summed E-state index contributed by atoms with van der Waals surface area (Å²) in [5.41, 5.74) is -0.332. The molecule has 0 aliphatic heterocycles. The summed E-state index contributed by atoms with van der Waals surface area (Å²) in [6, 6.07) is 0. The Morgan fingerprint density at radius 2 is 1.13 bits per heavy atom. The zero-order valence-corrected chi connectivity index (χ0v) is 23.3. The Morgan fingerprint density at radius 3 is 1.60 bits per heavy atom. The molecule has 4 heteroatoms. The summed E-state index contributed by atoms with van der Waals surface area (Å²) in [4.78, 5) is 12.8. The van der Waals surface area contributed by atoms with Gasteiger partial charge in [0.05, 0.1) is 5.41 Å². The van der Waals surface area contributed by atoms with Gasteiger partial charge in [-0.15, -0.1) is 0 Å². The zero-order valence-electron chi connectivity index (χ0n) is 21.0. The highest BCUT2D eigenvalue weighted by Gasteiger charge is 2.28. The Balaban J connectivity index is 3.55. The van der Waals surface area contributed by atoms with Crippen LogP contribution in [0.15, 0.2) is 0 Å². The van der Waals surface area contributed by atoms with Crippen molar-refractivity contribution < 1.29 is 9.22 Å². The van der Waals surface area contributed by atoms with Crippen molar-refractivity contribution in [3.05, 3.63) is 0 Å². The molecule has 0 saturated heterocycles. The molecule has 0 aromatic carbocycles. The van der Waals surface area contributed by atoms with Crippen LogP contribution < -0.4 is 0 Å². The fraction of sp³-hybridized carbons (Fsp3) is 0.962. The number of carbonyl (C=O) groups is 1. The van der Waals surface area contributed by atoms with Crippen LogP contribution in [0, 0.1) is 5.41 Å². The lowest BCUT2D eigenvalue weighted by Crippen LogP contribution is -2.30. The molecule has 0 aromatic rings. The van der Waals surface area contributed by atoms with E-state index in [4.69, 9.17) is 4.43 Å². The van der Waals surface area contributed by atoms with Gasteiger partial charge < -0.3 is 4.43 Å². The molecule has 0 amide bonds. The first kappa shape index (κ1) is 30.0. The maximum atomic E-state index is 12.4. The molecular formula is C26H54O2SSi. The molecular weight excluding hydrogens is 404 g/mol. The third kappa shape index (κ3) is 18.8. The standard InChI is InChI=1S/C26H54O2SSi/c1-5-7-9-10-11-12-13-14-15-16-17-18-19-21-23-26(3,4)25(27)28-30-24(29)22-20-8-6-2/h24,29H,5-23,30H2,1-4H3. The van der Waals surface area contributed by atoms with Crippen molar-refractivity contribution in [3.63, 3.8) is 0 Å². The minimum Gasteiger partial charge on any atom is -0.523 e. The van der Waals surface area contributed by atoms with Crippen molar-refractivity contribution in [2.24, 2.45) is 5.41 Å². The number of rotatable bonds is 22. The average molecular weight is 459 g/mol. The lowest BCUT2D eigenvalue weighted by atomic mass is 9.87. The first-order valence-electron chi connectivity index (χ1n) is 13.3. The van der Waals surface area contributed by atoms with Gasteiger partial charge in [-0.25, -0.2) is 0 Å². The highest BCUT2D eigenvalue weighted by atomic mass is 32.1. The molecule has 1 atom stereocenters. The van der Waals surface area contributed by atoms with Gasteiger partial charge >= 0.3 is 0 Å². The van der Waals surface area contributed by atoms with Crippen LogP contribution in [0.25, 0.3) is 0 Å². The fourth-order valence-corrected chi connectivity index (χ4v) is 5.54. The second-order valence-corrected chi connectivity index (χ2v) is 13.0. The van der Waals surface area contributed by atoms with Gasteiger partial charge in [-0.1, -0.05) is 123 Å². The van der Waals surface area contributed by atoms with Crippen LogP contribution in [0.1, 0.15) is 150 Å². The van der Waals surface area contributed by atoms with E-state index in [2.05, 4.69) is 40.3 Å². The van der Waals surface area contributed by atoms with E-state index >= 15 is 0 Å². The molecule has 0 fully saturated rings. The van der Waals surface area contributed by atoms with Crippen molar-refractivity contribution in [1.29, 1.82) is 0 Å². The zero-order chi connectivity index (χ0) is 22.5. The van der Waals surface area contributed by atoms with Crippen molar-refractivity contribution in [2.75, 3.05) is 0 Å². The first-order valence-corrected chi connectivity index (χ1v) is 15.2. The molecule has 30 heavy (non-hydrogen) atoms. The Bertz CT molecular complexity index is 387. The van der Waals surface area contributed by atoms with Crippen LogP contribution in [-0.4, -0.2) is 20.6 Å².